The van der Waals surface area contributed by atoms with E-state index in [1.165, 1.54) is 88.2 Å². The number of rotatable bonds is 8. The van der Waals surface area contributed by atoms with Crippen molar-refractivity contribution in [2.24, 2.45) is 17.8 Å². The maximum Gasteiger partial charge on any atom is 0 e. The molecule has 0 heteroatoms. The van der Waals surface area contributed by atoms with E-state index in [-0.39, 0.29) is 1.43 Å². The quantitative estimate of drug-likeness (QED) is 0.234. The van der Waals surface area contributed by atoms with Crippen LogP contribution >= 0.6 is 0 Å². The van der Waals surface area contributed by atoms with Crippen molar-refractivity contribution >= 4 is 0 Å². The average Bonchev–Trinajstić information content (AvgIpc) is 2.70. The van der Waals surface area contributed by atoms with Crippen LogP contribution in [0, 0.1) is 17.8 Å². The Morgan fingerprint density at radius 3 is 2.65 bits per heavy atom. The molecule has 26 heavy (non-hydrogen) atoms. The van der Waals surface area contributed by atoms with Gasteiger partial charge in [0.05, 0.1) is 0 Å². The molecule has 0 aromatic carbocycles. The number of hydrogen-bond acceptors (Lipinski definition) is 0. The summed E-state index contributed by atoms with van der Waals surface area (Å²) in [6, 6.07) is 0. The third-order valence-corrected chi connectivity index (χ3v) is 6.88. The highest BCUT2D eigenvalue weighted by atomic mass is 14.4. The van der Waals surface area contributed by atoms with Gasteiger partial charge in [0.15, 0.2) is 0 Å². The van der Waals surface area contributed by atoms with E-state index < -0.39 is 0 Å². The Kier molecular flexibility index (Phi) is 7.59. The second-order valence-electron chi connectivity index (χ2n) is 8.79. The van der Waals surface area contributed by atoms with Crippen LogP contribution in [0.5, 0.6) is 0 Å². The Hall–Kier alpha value is -1.30. The summed E-state index contributed by atoms with van der Waals surface area (Å²) in [4.78, 5) is 0. The molecule has 0 amide bonds. The van der Waals surface area contributed by atoms with Gasteiger partial charge in [-0.15, -0.1) is 0 Å². The molecule has 3 atom stereocenters. The minimum Gasteiger partial charge on any atom is -0.0996 e. The first-order valence-corrected chi connectivity index (χ1v) is 11.1. The molecular weight excluding hydrogens is 312 g/mol. The van der Waals surface area contributed by atoms with Crippen LogP contribution in [-0.4, -0.2) is 0 Å². The predicted molar refractivity (Wildman–Crippen MR) is 117 cm³/mol. The minimum atomic E-state index is 0. The molecule has 0 aromatic rings. The van der Waals surface area contributed by atoms with Gasteiger partial charge in [0.1, 0.15) is 0 Å². The van der Waals surface area contributed by atoms with Gasteiger partial charge >= 0.3 is 0 Å². The van der Waals surface area contributed by atoms with E-state index in [4.69, 9.17) is 0 Å². The third kappa shape index (κ3) is 5.60. The van der Waals surface area contributed by atoms with E-state index >= 15 is 0 Å². The molecule has 3 rings (SSSR count). The van der Waals surface area contributed by atoms with Crippen molar-refractivity contribution in [3.05, 3.63) is 60.3 Å². The van der Waals surface area contributed by atoms with Gasteiger partial charge in [-0.05, 0) is 74.7 Å². The van der Waals surface area contributed by atoms with Crippen LogP contribution in [-0.2, 0) is 0 Å². The van der Waals surface area contributed by atoms with E-state index in [9.17, 15) is 0 Å². The summed E-state index contributed by atoms with van der Waals surface area (Å²) < 4.78 is 0. The molecule has 0 heterocycles. The monoisotopic (exact) mass is 352 g/mol. The molecule has 0 bridgehead atoms. The zero-order valence-electron chi connectivity index (χ0n) is 16.7. The average molecular weight is 353 g/mol. The molecule has 0 nitrogen and oxygen atoms in total. The normalized spacial score (nSPS) is 28.6. The smallest absolute Gasteiger partial charge is 0 e. The zero-order chi connectivity index (χ0) is 18.2. The fourth-order valence-electron chi connectivity index (χ4n) is 5.39. The van der Waals surface area contributed by atoms with Crippen molar-refractivity contribution in [2.45, 2.75) is 83.5 Å². The third-order valence-electron chi connectivity index (χ3n) is 6.88. The van der Waals surface area contributed by atoms with E-state index in [1.54, 1.807) is 5.57 Å². The zero-order valence-corrected chi connectivity index (χ0v) is 16.7. The molecule has 0 saturated heterocycles. The molecule has 3 aliphatic rings. The highest BCUT2D eigenvalue weighted by Crippen LogP contribution is 2.46. The van der Waals surface area contributed by atoms with Crippen molar-refractivity contribution in [3.63, 3.8) is 0 Å². The minimum absolute atomic E-state index is 0. The summed E-state index contributed by atoms with van der Waals surface area (Å²) in [5.41, 5.74) is 4.17. The van der Waals surface area contributed by atoms with Crippen LogP contribution in [0.25, 0.3) is 0 Å². The molecular formula is C26H40. The van der Waals surface area contributed by atoms with Crippen molar-refractivity contribution in [1.82, 2.24) is 0 Å². The largest absolute Gasteiger partial charge is 0.0996 e. The van der Waals surface area contributed by atoms with Crippen LogP contribution in [0.15, 0.2) is 60.3 Å². The molecule has 0 spiro atoms. The molecule has 3 unspecified atom stereocenters. The standard InChI is InChI=1S/C26H38.H2/c1-21(19-20-23-13-4-3-5-14-23)11-6-7-12-22(2)25-18-10-16-24-15-8-9-17-26(24)25;/h4,13-14,19-20,24-26H,1-3,5-12,15-18H2;1H/b20-19+;. The number of fused-ring (bicyclic) bond motifs is 1. The lowest BCUT2D eigenvalue weighted by Gasteiger charge is -2.42. The Bertz CT molecular complexity index is 575. The first-order valence-electron chi connectivity index (χ1n) is 11.1. The van der Waals surface area contributed by atoms with Gasteiger partial charge in [-0.3, -0.25) is 0 Å². The van der Waals surface area contributed by atoms with E-state index in [0.29, 0.717) is 0 Å². The number of hydrogen-bond donors (Lipinski definition) is 0. The van der Waals surface area contributed by atoms with Gasteiger partial charge in [-0.25, -0.2) is 0 Å². The van der Waals surface area contributed by atoms with Gasteiger partial charge in [0.2, 0.25) is 0 Å². The summed E-state index contributed by atoms with van der Waals surface area (Å²) in [6.07, 6.45) is 28.7. The summed E-state index contributed by atoms with van der Waals surface area (Å²) in [7, 11) is 0. The Balaban J connectivity index is 0.00000261. The molecule has 0 radical (unpaired) electrons. The number of allylic oxidation sites excluding steroid dienone is 8. The second kappa shape index (κ2) is 10.1. The first-order chi connectivity index (χ1) is 12.7. The topological polar surface area (TPSA) is 0 Å². The van der Waals surface area contributed by atoms with E-state index in [0.717, 1.165) is 24.2 Å². The highest BCUT2D eigenvalue weighted by Gasteiger charge is 2.35. The molecule has 0 aromatic heterocycles. The highest BCUT2D eigenvalue weighted by molar-refractivity contribution is 5.35. The molecule has 2 saturated carbocycles. The fraction of sp³-hybridized carbons (Fsp3) is 0.615. The van der Waals surface area contributed by atoms with Crippen molar-refractivity contribution in [3.8, 4) is 0 Å². The molecule has 0 aliphatic heterocycles. The summed E-state index contributed by atoms with van der Waals surface area (Å²) >= 11 is 0. The first kappa shape index (κ1) is 19.5. The van der Waals surface area contributed by atoms with Crippen molar-refractivity contribution in [2.75, 3.05) is 0 Å². The molecule has 3 aliphatic carbocycles. The van der Waals surface area contributed by atoms with E-state index in [2.05, 4.69) is 43.5 Å². The molecule has 0 N–H and O–H groups in total. The lowest BCUT2D eigenvalue weighted by molar-refractivity contribution is 0.122. The van der Waals surface area contributed by atoms with E-state index in [1.807, 2.05) is 0 Å². The lowest BCUT2D eigenvalue weighted by atomic mass is 9.63. The second-order valence-corrected chi connectivity index (χ2v) is 8.79. The Morgan fingerprint density at radius 1 is 1.00 bits per heavy atom. The summed E-state index contributed by atoms with van der Waals surface area (Å²) in [5.74, 6) is 2.83. The van der Waals surface area contributed by atoms with Gasteiger partial charge in [0, 0.05) is 1.43 Å². The predicted octanol–water partition coefficient (Wildman–Crippen LogP) is 8.34. The molecule has 2 fully saturated rings. The van der Waals surface area contributed by atoms with Gasteiger partial charge < -0.3 is 0 Å². The summed E-state index contributed by atoms with van der Waals surface area (Å²) in [6.45, 7) is 8.77. The maximum atomic E-state index is 4.53. The SMILES string of the molecule is C=C(/C=C/C1=CCCC=C1)CCCCC(=C)C1CCCC2CCCCC21.[HH]. The van der Waals surface area contributed by atoms with Crippen molar-refractivity contribution < 1.29 is 1.43 Å². The van der Waals surface area contributed by atoms with Gasteiger partial charge in [-0.2, -0.15) is 0 Å². The van der Waals surface area contributed by atoms with Crippen LogP contribution < -0.4 is 0 Å². The summed E-state index contributed by atoms with van der Waals surface area (Å²) in [5, 5.41) is 0. The molecule has 144 valence electrons. The van der Waals surface area contributed by atoms with Crippen LogP contribution in [0.2, 0.25) is 0 Å². The lowest BCUT2D eigenvalue weighted by Crippen LogP contribution is -2.31. The Labute approximate surface area is 163 Å². The van der Waals surface area contributed by atoms with Crippen LogP contribution in [0.4, 0.5) is 0 Å². The fourth-order valence-corrected chi connectivity index (χ4v) is 5.39. The Morgan fingerprint density at radius 2 is 1.81 bits per heavy atom. The van der Waals surface area contributed by atoms with Gasteiger partial charge in [-0.1, -0.05) is 86.8 Å². The maximum absolute atomic E-state index is 4.53. The van der Waals surface area contributed by atoms with Crippen LogP contribution in [0.1, 0.15) is 84.9 Å². The van der Waals surface area contributed by atoms with Crippen LogP contribution in [0.3, 0.4) is 0 Å². The number of unbranched alkanes of at least 4 members (excludes halogenated alkanes) is 1. The van der Waals surface area contributed by atoms with Crippen molar-refractivity contribution in [1.29, 1.82) is 0 Å². The van der Waals surface area contributed by atoms with Gasteiger partial charge in [0.25, 0.3) is 0 Å².